The normalized spacial score (nSPS) is 20.5. The van der Waals surface area contributed by atoms with Crippen LogP contribution in [0.4, 0.5) is 0 Å². The number of nitrogens with zero attached hydrogens (tertiary/aromatic N) is 4. The molecular weight excluding hydrogens is 594 g/mol. The topological polar surface area (TPSA) is 72.2 Å². The SMILES string of the molecule is [2H]N1C(=O)C(c2cn(C3CCN(Cc4ccc(C)c(C)n4)C(C)(C)C3C)c3cc(C)c(C)cc23)=C(c2c(C)n(CC)c3ccccc23)C1=O. The molecule has 0 radical (unpaired) electrons. The molecule has 0 saturated carbocycles. The van der Waals surface area contributed by atoms with E-state index < -0.39 is 11.8 Å². The average Bonchev–Trinajstić information content (AvgIpc) is 3.63. The largest absolute Gasteiger partial charge is 0.345 e. The van der Waals surface area contributed by atoms with Gasteiger partial charge in [0.1, 0.15) is 0 Å². The number of para-hydroxylation sites is 1. The van der Waals surface area contributed by atoms with Gasteiger partial charge in [-0.3, -0.25) is 24.8 Å². The summed E-state index contributed by atoms with van der Waals surface area (Å²) in [5.41, 5.74) is 10.6. The molecule has 1 N–H and O–H groups in total. The highest BCUT2D eigenvalue weighted by Gasteiger charge is 2.43. The highest BCUT2D eigenvalue weighted by Crippen LogP contribution is 2.46. The number of imide groups is 1. The summed E-state index contributed by atoms with van der Waals surface area (Å²) in [7, 11) is 0. The first kappa shape index (κ1) is 30.8. The first-order valence-electron chi connectivity index (χ1n) is 17.7. The van der Waals surface area contributed by atoms with Gasteiger partial charge in [-0.25, -0.2) is 0 Å². The number of nitrogens with one attached hydrogen (secondary N) is 1. The molecule has 7 heteroatoms. The van der Waals surface area contributed by atoms with Crippen molar-refractivity contribution in [2.75, 3.05) is 6.54 Å². The van der Waals surface area contributed by atoms with Crippen LogP contribution in [0.3, 0.4) is 0 Å². The molecule has 0 aliphatic carbocycles. The summed E-state index contributed by atoms with van der Waals surface area (Å²) in [6, 6.07) is 16.9. The van der Waals surface area contributed by atoms with E-state index >= 15 is 0 Å². The minimum atomic E-state index is -0.575. The molecule has 1 saturated heterocycles. The third-order valence-corrected chi connectivity index (χ3v) is 11.7. The van der Waals surface area contributed by atoms with Gasteiger partial charge in [0.25, 0.3) is 11.8 Å². The molecule has 2 aromatic carbocycles. The summed E-state index contributed by atoms with van der Waals surface area (Å²) in [4.78, 5) is 35.5. The molecule has 5 aromatic rings. The number of rotatable bonds is 6. The molecule has 2 unspecified atom stereocenters. The van der Waals surface area contributed by atoms with Gasteiger partial charge in [-0.1, -0.05) is 31.2 Å². The van der Waals surface area contributed by atoms with Crippen LogP contribution in [0.5, 0.6) is 0 Å². The summed E-state index contributed by atoms with van der Waals surface area (Å²) >= 11 is 0. The first-order chi connectivity index (χ1) is 23.3. The second-order valence-corrected chi connectivity index (χ2v) is 14.5. The van der Waals surface area contributed by atoms with Gasteiger partial charge in [-0.15, -0.1) is 0 Å². The monoisotopic (exact) mass is 642 g/mol. The van der Waals surface area contributed by atoms with Gasteiger partial charge in [-0.2, -0.15) is 0 Å². The van der Waals surface area contributed by atoms with E-state index in [0.717, 1.165) is 81.6 Å². The van der Waals surface area contributed by atoms with Crippen molar-refractivity contribution in [2.45, 2.75) is 93.4 Å². The van der Waals surface area contributed by atoms with Crippen molar-refractivity contribution in [3.63, 3.8) is 0 Å². The number of fused-ring (bicyclic) bond motifs is 2. The highest BCUT2D eigenvalue weighted by atomic mass is 16.2. The fourth-order valence-corrected chi connectivity index (χ4v) is 8.25. The van der Waals surface area contributed by atoms with E-state index in [1.165, 1.54) is 11.1 Å². The van der Waals surface area contributed by atoms with Crippen LogP contribution in [-0.2, 0) is 22.7 Å². The lowest BCUT2D eigenvalue weighted by Crippen LogP contribution is -2.55. The third kappa shape index (κ3) is 4.85. The Morgan fingerprint density at radius 2 is 1.62 bits per heavy atom. The molecule has 3 aromatic heterocycles. The second-order valence-electron chi connectivity index (χ2n) is 14.5. The standard InChI is InChI=1S/C41H47N5O2/c1-10-45-28(7)36(30-13-11-12-14-34(30)45)38-37(39(47)43-40(38)48)32-22-46(35-20-25(4)24(3)19-31(32)35)33-17-18-44(41(8,9)26(33)5)21-29-16-15-23(2)27(6)42-29/h11-16,19-20,22,26,33H,10,17-18,21H2,1-9H3,(H,43,47,48)/i/hD. The maximum atomic E-state index is 14.1. The maximum absolute atomic E-state index is 14.1. The Bertz CT molecular complexity index is 2220. The van der Waals surface area contributed by atoms with Crippen LogP contribution < -0.4 is 5.31 Å². The van der Waals surface area contributed by atoms with E-state index in [4.69, 9.17) is 6.40 Å². The molecule has 2 aliphatic rings. The number of pyridine rings is 1. The van der Waals surface area contributed by atoms with Crippen molar-refractivity contribution < 1.29 is 11.0 Å². The Morgan fingerprint density at radius 1 is 0.917 bits per heavy atom. The molecule has 7 nitrogen and oxygen atoms in total. The Kier molecular flexibility index (Phi) is 7.44. The minimum Gasteiger partial charge on any atom is -0.345 e. The summed E-state index contributed by atoms with van der Waals surface area (Å²) < 4.78 is 13.2. The number of carbonyl (C=O) groups excluding carboxylic acids is 2. The first-order valence-corrected chi connectivity index (χ1v) is 17.3. The van der Waals surface area contributed by atoms with Crippen molar-refractivity contribution in [3.8, 4) is 0 Å². The number of aromatic nitrogens is 3. The Labute approximate surface area is 285 Å². The van der Waals surface area contributed by atoms with Crippen LogP contribution in [0.15, 0.2) is 54.7 Å². The summed E-state index contributed by atoms with van der Waals surface area (Å²) in [5.74, 6) is -0.895. The minimum absolute atomic E-state index is 0.138. The van der Waals surface area contributed by atoms with E-state index in [0.29, 0.717) is 16.5 Å². The number of hydrogen-bond donors (Lipinski definition) is 1. The molecule has 248 valence electrons. The molecular formula is C41H47N5O2. The molecule has 1 fully saturated rings. The van der Waals surface area contributed by atoms with Crippen molar-refractivity contribution in [2.24, 2.45) is 5.92 Å². The van der Waals surface area contributed by atoms with Crippen molar-refractivity contribution >= 4 is 44.8 Å². The van der Waals surface area contributed by atoms with Gasteiger partial charge in [0.15, 0.2) is 1.41 Å². The van der Waals surface area contributed by atoms with Crippen LogP contribution in [0.2, 0.25) is 1.41 Å². The summed E-state index contributed by atoms with van der Waals surface area (Å²) in [6.45, 7) is 21.9. The zero-order valence-electron chi connectivity index (χ0n) is 30.7. The van der Waals surface area contributed by atoms with E-state index in [-0.39, 0.29) is 17.5 Å². The van der Waals surface area contributed by atoms with Gasteiger partial charge < -0.3 is 9.13 Å². The Hall–Kier alpha value is -4.49. The molecule has 2 atom stereocenters. The van der Waals surface area contributed by atoms with Crippen LogP contribution in [0, 0.1) is 40.5 Å². The van der Waals surface area contributed by atoms with Gasteiger partial charge >= 0.3 is 0 Å². The number of piperidine rings is 1. The Balaban J connectivity index is 1.39. The highest BCUT2D eigenvalue weighted by molar-refractivity contribution is 6.51. The number of hydrogen-bond acceptors (Lipinski definition) is 4. The van der Waals surface area contributed by atoms with Gasteiger partial charge in [0, 0.05) is 81.7 Å². The smallest absolute Gasteiger partial charge is 0.259 e. The lowest BCUT2D eigenvalue weighted by Gasteiger charge is -2.51. The van der Waals surface area contributed by atoms with E-state index in [2.05, 4.69) is 106 Å². The number of aryl methyl sites for hydroxylation is 5. The number of carbonyl (C=O) groups is 2. The fraction of sp³-hybridized carbons (Fsp3) is 0.390. The quantitative estimate of drug-likeness (QED) is 0.191. The van der Waals surface area contributed by atoms with Crippen LogP contribution >= 0.6 is 0 Å². The van der Waals surface area contributed by atoms with E-state index in [1.807, 2.05) is 25.1 Å². The number of likely N-dealkylation sites (tertiary alicyclic amines) is 1. The summed E-state index contributed by atoms with van der Waals surface area (Å²) in [5, 5.41) is 2.41. The van der Waals surface area contributed by atoms with E-state index in [9.17, 15) is 9.59 Å². The van der Waals surface area contributed by atoms with Gasteiger partial charge in [0.2, 0.25) is 0 Å². The molecule has 2 amide bonds. The number of amides is 2. The van der Waals surface area contributed by atoms with Gasteiger partial charge in [-0.05, 0) is 109 Å². The molecule has 5 heterocycles. The molecule has 0 bridgehead atoms. The Morgan fingerprint density at radius 3 is 2.35 bits per heavy atom. The second kappa shape index (κ2) is 11.6. The summed E-state index contributed by atoms with van der Waals surface area (Å²) in [6.07, 6.45) is 3.04. The van der Waals surface area contributed by atoms with E-state index in [1.54, 1.807) is 0 Å². The van der Waals surface area contributed by atoms with Crippen LogP contribution in [0.1, 0.15) is 85.1 Å². The fourth-order valence-electron chi connectivity index (χ4n) is 8.25. The number of benzene rings is 2. The molecule has 0 spiro atoms. The van der Waals surface area contributed by atoms with Crippen molar-refractivity contribution in [3.05, 3.63) is 99.6 Å². The van der Waals surface area contributed by atoms with Crippen LogP contribution in [-0.4, -0.2) is 42.9 Å². The lowest BCUT2D eigenvalue weighted by molar-refractivity contribution is -0.122. The zero-order valence-corrected chi connectivity index (χ0v) is 29.7. The predicted molar refractivity (Wildman–Crippen MR) is 195 cm³/mol. The maximum Gasteiger partial charge on any atom is 0.259 e. The average molecular weight is 643 g/mol. The predicted octanol–water partition coefficient (Wildman–Crippen LogP) is 7.98. The van der Waals surface area contributed by atoms with Crippen molar-refractivity contribution in [1.82, 2.24) is 24.3 Å². The van der Waals surface area contributed by atoms with Gasteiger partial charge in [0.05, 0.1) is 16.8 Å². The lowest BCUT2D eigenvalue weighted by atomic mass is 9.76. The molecule has 7 rings (SSSR count). The molecule has 48 heavy (non-hydrogen) atoms. The zero-order chi connectivity index (χ0) is 35.1. The van der Waals surface area contributed by atoms with Crippen molar-refractivity contribution in [1.29, 1.82) is 0 Å². The third-order valence-electron chi connectivity index (χ3n) is 11.7. The molecule has 2 aliphatic heterocycles. The van der Waals surface area contributed by atoms with Crippen LogP contribution in [0.25, 0.3) is 33.0 Å².